The van der Waals surface area contributed by atoms with Gasteiger partial charge in [0.05, 0.1) is 4.90 Å². The zero-order valence-electron chi connectivity index (χ0n) is 10.2. The van der Waals surface area contributed by atoms with Crippen LogP contribution in [0.5, 0.6) is 5.75 Å². The second-order valence-electron chi connectivity index (χ2n) is 3.80. The zero-order chi connectivity index (χ0) is 14.6. The lowest BCUT2D eigenvalue weighted by atomic mass is 10.2. The predicted molar refractivity (Wildman–Crippen MR) is 70.8 cm³/mol. The third-order valence-corrected chi connectivity index (χ3v) is 3.63. The van der Waals surface area contributed by atoms with Crippen LogP contribution in [-0.4, -0.2) is 19.5 Å². The number of benzene rings is 2. The van der Waals surface area contributed by atoms with Gasteiger partial charge in [-0.2, -0.15) is 0 Å². The van der Waals surface area contributed by atoms with E-state index in [0.717, 1.165) is 0 Å². The van der Waals surface area contributed by atoms with E-state index in [2.05, 4.69) is 0 Å². The fourth-order valence-corrected chi connectivity index (χ4v) is 2.29. The number of nitrogens with one attached hydrogen (secondary N) is 1. The smallest absolute Gasteiger partial charge is 0.339 e. The van der Waals surface area contributed by atoms with Crippen molar-refractivity contribution in [3.05, 3.63) is 60.2 Å². The molecule has 2 rings (SSSR count). The first-order valence-corrected chi connectivity index (χ1v) is 7.05. The molecule has 0 aromatic heterocycles. The lowest BCUT2D eigenvalue weighted by molar-refractivity contribution is 0.0690. The molecule has 6 nitrogen and oxygen atoms in total. The summed E-state index contributed by atoms with van der Waals surface area (Å²) in [5.41, 5.74) is -0.136. The molecule has 0 bridgehead atoms. The van der Waals surface area contributed by atoms with E-state index in [-0.39, 0.29) is 16.2 Å². The molecule has 0 aliphatic heterocycles. The summed E-state index contributed by atoms with van der Waals surface area (Å²) in [6.07, 6.45) is 0. The van der Waals surface area contributed by atoms with Gasteiger partial charge in [0.1, 0.15) is 5.56 Å². The van der Waals surface area contributed by atoms with E-state index in [1.165, 1.54) is 30.3 Å². The standard InChI is InChI=1S/C13H11NO5S/c15-13(16)11-8-4-5-9-12(11)19-14-20(17,18)10-6-2-1-3-7-10/h1-9,14H,(H,15,16). The van der Waals surface area contributed by atoms with Gasteiger partial charge in [0, 0.05) is 0 Å². The van der Waals surface area contributed by atoms with Crippen LogP contribution in [-0.2, 0) is 10.0 Å². The first-order valence-electron chi connectivity index (χ1n) is 5.57. The Hall–Kier alpha value is -2.38. The maximum absolute atomic E-state index is 11.9. The number of carboxylic acid groups (broad SMARTS) is 1. The Morgan fingerprint density at radius 1 is 1.00 bits per heavy atom. The highest BCUT2D eigenvalue weighted by Gasteiger charge is 2.16. The van der Waals surface area contributed by atoms with Gasteiger partial charge in [0.2, 0.25) is 0 Å². The number of hydrogen-bond acceptors (Lipinski definition) is 4. The van der Waals surface area contributed by atoms with Crippen molar-refractivity contribution < 1.29 is 23.2 Å². The normalized spacial score (nSPS) is 11.0. The Morgan fingerprint density at radius 2 is 1.60 bits per heavy atom. The van der Waals surface area contributed by atoms with E-state index >= 15 is 0 Å². The number of hydrogen-bond donors (Lipinski definition) is 2. The van der Waals surface area contributed by atoms with Crippen LogP contribution < -0.4 is 9.72 Å². The average Bonchev–Trinajstić information content (AvgIpc) is 2.46. The summed E-state index contributed by atoms with van der Waals surface area (Å²) in [5, 5.41) is 8.95. The van der Waals surface area contributed by atoms with E-state index in [9.17, 15) is 13.2 Å². The molecule has 7 heteroatoms. The molecule has 0 heterocycles. The highest BCUT2D eigenvalue weighted by molar-refractivity contribution is 7.89. The molecule has 2 aromatic carbocycles. The van der Waals surface area contributed by atoms with Gasteiger partial charge in [-0.25, -0.2) is 13.2 Å². The van der Waals surface area contributed by atoms with Gasteiger partial charge in [0.25, 0.3) is 10.0 Å². The van der Waals surface area contributed by atoms with E-state index < -0.39 is 16.0 Å². The van der Waals surface area contributed by atoms with Crippen LogP contribution in [0.15, 0.2) is 59.5 Å². The molecule has 0 atom stereocenters. The molecule has 0 saturated carbocycles. The molecule has 0 unspecified atom stereocenters. The second kappa shape index (κ2) is 5.72. The van der Waals surface area contributed by atoms with Crippen LogP contribution in [0, 0.1) is 0 Å². The molecule has 2 aromatic rings. The monoisotopic (exact) mass is 293 g/mol. The summed E-state index contributed by atoms with van der Waals surface area (Å²) in [4.78, 5) is 17.8. The van der Waals surface area contributed by atoms with Gasteiger partial charge in [-0.15, -0.1) is 0 Å². The van der Waals surface area contributed by atoms with Gasteiger partial charge >= 0.3 is 5.97 Å². The van der Waals surface area contributed by atoms with Gasteiger partial charge < -0.3 is 9.94 Å². The Balaban J connectivity index is 2.19. The molecule has 104 valence electrons. The average molecular weight is 293 g/mol. The van der Waals surface area contributed by atoms with Crippen molar-refractivity contribution in [2.45, 2.75) is 4.90 Å². The number of carboxylic acids is 1. The summed E-state index contributed by atoms with van der Waals surface area (Å²) < 4.78 is 23.8. The molecule has 0 aliphatic carbocycles. The van der Waals surface area contributed by atoms with E-state index in [1.54, 1.807) is 24.3 Å². The second-order valence-corrected chi connectivity index (χ2v) is 5.45. The highest BCUT2D eigenvalue weighted by Crippen LogP contribution is 2.17. The summed E-state index contributed by atoms with van der Waals surface area (Å²) in [5.74, 6) is -1.29. The van der Waals surface area contributed by atoms with Gasteiger partial charge in [-0.1, -0.05) is 30.3 Å². The van der Waals surface area contributed by atoms with Crippen LogP contribution >= 0.6 is 0 Å². The molecule has 0 saturated heterocycles. The Labute approximate surface area is 115 Å². The van der Waals surface area contributed by atoms with Gasteiger partial charge in [-0.05, 0) is 29.2 Å². The summed E-state index contributed by atoms with van der Waals surface area (Å²) >= 11 is 0. The largest absolute Gasteiger partial charge is 0.478 e. The predicted octanol–water partition coefficient (Wildman–Crippen LogP) is 1.66. The Morgan fingerprint density at radius 3 is 2.25 bits per heavy atom. The summed E-state index contributed by atoms with van der Waals surface area (Å²) in [6.45, 7) is 0. The van der Waals surface area contributed by atoms with Crippen molar-refractivity contribution in [2.75, 3.05) is 0 Å². The fourth-order valence-electron chi connectivity index (χ4n) is 1.48. The quantitative estimate of drug-likeness (QED) is 0.818. The van der Waals surface area contributed by atoms with Gasteiger partial charge in [0.15, 0.2) is 5.75 Å². The molecular weight excluding hydrogens is 282 g/mol. The molecule has 0 fully saturated rings. The van der Waals surface area contributed by atoms with Crippen LogP contribution in [0.1, 0.15) is 10.4 Å². The van der Waals surface area contributed by atoms with Crippen molar-refractivity contribution in [1.29, 1.82) is 0 Å². The van der Waals surface area contributed by atoms with Crippen molar-refractivity contribution in [3.63, 3.8) is 0 Å². The first kappa shape index (κ1) is 14.0. The van der Waals surface area contributed by atoms with E-state index in [0.29, 0.717) is 0 Å². The highest BCUT2D eigenvalue weighted by atomic mass is 32.2. The molecular formula is C13H11NO5S. The Bertz CT molecular complexity index is 713. The molecule has 0 amide bonds. The number of aromatic carboxylic acids is 1. The molecule has 0 radical (unpaired) electrons. The summed E-state index contributed by atoms with van der Waals surface area (Å²) in [6, 6.07) is 13.3. The molecule has 20 heavy (non-hydrogen) atoms. The fraction of sp³-hybridized carbons (Fsp3) is 0. The van der Waals surface area contributed by atoms with Gasteiger partial charge in [-0.3, -0.25) is 0 Å². The number of sulfonamides is 1. The van der Waals surface area contributed by atoms with Crippen molar-refractivity contribution in [2.24, 2.45) is 0 Å². The van der Waals surface area contributed by atoms with Crippen LogP contribution in [0.25, 0.3) is 0 Å². The lowest BCUT2D eigenvalue weighted by Crippen LogP contribution is -2.27. The number of carbonyl (C=O) groups is 1. The third kappa shape index (κ3) is 3.14. The van der Waals surface area contributed by atoms with E-state index in [4.69, 9.17) is 9.94 Å². The minimum Gasteiger partial charge on any atom is -0.478 e. The van der Waals surface area contributed by atoms with Crippen LogP contribution in [0.2, 0.25) is 0 Å². The Kier molecular flexibility index (Phi) is 4.02. The maximum atomic E-state index is 11.9. The van der Waals surface area contributed by atoms with Crippen LogP contribution in [0.3, 0.4) is 0 Å². The molecule has 0 aliphatic rings. The van der Waals surface area contributed by atoms with Crippen molar-refractivity contribution in [3.8, 4) is 5.75 Å². The number of para-hydroxylation sites is 1. The molecule has 2 N–H and O–H groups in total. The van der Waals surface area contributed by atoms with Crippen LogP contribution in [0.4, 0.5) is 0 Å². The van der Waals surface area contributed by atoms with Crippen molar-refractivity contribution >= 4 is 16.0 Å². The summed E-state index contributed by atoms with van der Waals surface area (Å²) in [7, 11) is -3.87. The zero-order valence-corrected chi connectivity index (χ0v) is 11.0. The third-order valence-electron chi connectivity index (χ3n) is 2.43. The topological polar surface area (TPSA) is 92.7 Å². The SMILES string of the molecule is O=C(O)c1ccccc1ONS(=O)(=O)c1ccccc1. The lowest BCUT2D eigenvalue weighted by Gasteiger charge is -2.09. The van der Waals surface area contributed by atoms with Crippen molar-refractivity contribution in [1.82, 2.24) is 4.89 Å². The number of rotatable bonds is 5. The van der Waals surface area contributed by atoms with E-state index in [1.807, 2.05) is 4.89 Å². The first-order chi connectivity index (χ1) is 9.50. The minimum absolute atomic E-state index is 0.0211. The molecule has 0 spiro atoms. The maximum Gasteiger partial charge on any atom is 0.339 e. The minimum atomic E-state index is -3.87.